The number of pyridine rings is 1. The number of piperidine rings is 1. The summed E-state index contributed by atoms with van der Waals surface area (Å²) < 4.78 is 54.6. The molecule has 7 rings (SSSR count). The highest BCUT2D eigenvalue weighted by atomic mass is 19.4. The van der Waals surface area contributed by atoms with E-state index in [2.05, 4.69) is 15.6 Å². The molecule has 13 nitrogen and oxygen atoms in total. The molecule has 16 heteroatoms. The molecule has 1 atom stereocenters. The largest absolute Gasteiger partial charge is 0.445 e. The predicted molar refractivity (Wildman–Crippen MR) is 227 cm³/mol. The van der Waals surface area contributed by atoms with Crippen molar-refractivity contribution in [3.63, 3.8) is 0 Å². The van der Waals surface area contributed by atoms with Crippen molar-refractivity contribution in [2.45, 2.75) is 89.8 Å². The van der Waals surface area contributed by atoms with E-state index in [4.69, 9.17) is 9.47 Å². The second-order valence-corrected chi connectivity index (χ2v) is 17.7. The maximum absolute atomic E-state index is 14.9. The van der Waals surface area contributed by atoms with Crippen LogP contribution in [0.2, 0.25) is 0 Å². The van der Waals surface area contributed by atoms with Gasteiger partial charge in [-0.1, -0.05) is 66.7 Å². The van der Waals surface area contributed by atoms with Crippen molar-refractivity contribution < 1.29 is 46.6 Å². The first-order valence-corrected chi connectivity index (χ1v) is 20.8. The Morgan fingerprint density at radius 1 is 0.873 bits per heavy atom. The average molecular weight is 869 g/mol. The van der Waals surface area contributed by atoms with Gasteiger partial charge in [-0.15, -0.1) is 0 Å². The number of anilines is 2. The highest BCUT2D eigenvalue weighted by Crippen LogP contribution is 2.47. The molecule has 3 heterocycles. The van der Waals surface area contributed by atoms with Gasteiger partial charge in [0.25, 0.3) is 0 Å². The predicted octanol–water partition coefficient (Wildman–Crippen LogP) is 7.78. The fourth-order valence-corrected chi connectivity index (χ4v) is 8.76. The molecule has 5 amide bonds. The Balaban J connectivity index is 1.13. The molecule has 3 aromatic carbocycles. The second kappa shape index (κ2) is 17.7. The minimum atomic E-state index is -4.76. The van der Waals surface area contributed by atoms with Gasteiger partial charge in [-0.2, -0.15) is 13.2 Å². The van der Waals surface area contributed by atoms with Crippen molar-refractivity contribution in [1.29, 1.82) is 0 Å². The van der Waals surface area contributed by atoms with E-state index in [1.807, 2.05) is 18.2 Å². The lowest BCUT2D eigenvalue weighted by Gasteiger charge is -2.43. The molecule has 0 unspecified atom stereocenters. The molecule has 4 aromatic rings. The first kappa shape index (κ1) is 44.6. The van der Waals surface area contributed by atoms with Crippen molar-refractivity contribution in [3.05, 3.63) is 125 Å². The number of aromatic nitrogens is 1. The van der Waals surface area contributed by atoms with Crippen LogP contribution in [0.5, 0.6) is 0 Å². The quantitative estimate of drug-likeness (QED) is 0.155. The zero-order valence-corrected chi connectivity index (χ0v) is 35.7. The van der Waals surface area contributed by atoms with E-state index < -0.39 is 59.6 Å². The third-order valence-corrected chi connectivity index (χ3v) is 11.9. The molecule has 0 saturated carbocycles. The number of nitrogens with one attached hydrogen (secondary N) is 2. The fourth-order valence-electron chi connectivity index (χ4n) is 8.76. The number of benzene rings is 3. The fraction of sp³-hybridized carbons (Fsp3) is 0.404. The molecule has 0 radical (unpaired) electrons. The number of likely N-dealkylation sites (tertiary alicyclic amines) is 1. The van der Waals surface area contributed by atoms with Crippen LogP contribution in [0.15, 0.2) is 91.1 Å². The monoisotopic (exact) mass is 868 g/mol. The van der Waals surface area contributed by atoms with Crippen molar-refractivity contribution in [3.8, 4) is 0 Å². The van der Waals surface area contributed by atoms with Crippen molar-refractivity contribution in [2.75, 3.05) is 37.3 Å². The lowest BCUT2D eigenvalue weighted by Crippen LogP contribution is -2.54. The number of ether oxygens (including phenoxy) is 2. The Bertz CT molecular complexity index is 2380. The Morgan fingerprint density at radius 2 is 1.54 bits per heavy atom. The molecule has 0 bridgehead atoms. The number of fused-ring (bicyclic) bond motifs is 3. The highest BCUT2D eigenvalue weighted by molar-refractivity contribution is 6.06. The van der Waals surface area contributed by atoms with Crippen LogP contribution < -0.4 is 10.6 Å². The number of carbonyl (C=O) groups excluding carboxylic acids is 5. The minimum absolute atomic E-state index is 0.0277. The Kier molecular flexibility index (Phi) is 12.6. The zero-order chi connectivity index (χ0) is 45.2. The Morgan fingerprint density at radius 3 is 2.22 bits per heavy atom. The molecule has 1 aromatic heterocycles. The molecular weight excluding hydrogens is 818 g/mol. The SMILES string of the molecule is CN(Cc1ccccc1CN(CC(=O)Nc1ccc2c(c1)C[C@@]1(C2)C(=O)Nc2ncccc21)C(=O)C1(CC(F)(F)F)CCN(C(=O)OCc2ccccc2)CC1)C(=O)OC(C)(C)C. The van der Waals surface area contributed by atoms with Crippen LogP contribution in [0, 0.1) is 5.41 Å². The summed E-state index contributed by atoms with van der Waals surface area (Å²) in [4.78, 5) is 76.3. The highest BCUT2D eigenvalue weighted by Gasteiger charge is 2.52. The number of amides is 5. The molecular formula is C47H51F3N6O7. The summed E-state index contributed by atoms with van der Waals surface area (Å²) in [5.74, 6) is -1.19. The van der Waals surface area contributed by atoms with Gasteiger partial charge >= 0.3 is 18.4 Å². The summed E-state index contributed by atoms with van der Waals surface area (Å²) in [6.07, 6.45) is -5.77. The third-order valence-electron chi connectivity index (χ3n) is 11.9. The van der Waals surface area contributed by atoms with Crippen LogP contribution in [-0.2, 0) is 61.8 Å². The number of hydrogen-bond acceptors (Lipinski definition) is 8. The van der Waals surface area contributed by atoms with Crippen LogP contribution in [0.4, 0.5) is 34.3 Å². The Labute approximate surface area is 363 Å². The van der Waals surface area contributed by atoms with Gasteiger partial charge in [-0.25, -0.2) is 14.6 Å². The molecule has 63 heavy (non-hydrogen) atoms. The summed E-state index contributed by atoms with van der Waals surface area (Å²) in [5.41, 5.74) is 1.17. The Hall–Kier alpha value is -6.45. The molecule has 332 valence electrons. The zero-order valence-electron chi connectivity index (χ0n) is 35.7. The maximum Gasteiger partial charge on any atom is 0.410 e. The number of rotatable bonds is 11. The van der Waals surface area contributed by atoms with Crippen LogP contribution >= 0.6 is 0 Å². The maximum atomic E-state index is 14.9. The molecule has 1 spiro atoms. The minimum Gasteiger partial charge on any atom is -0.445 e. The number of halogens is 3. The van der Waals surface area contributed by atoms with E-state index in [9.17, 15) is 37.1 Å². The van der Waals surface area contributed by atoms with Crippen LogP contribution in [-0.4, -0.2) is 88.1 Å². The van der Waals surface area contributed by atoms with Gasteiger partial charge < -0.3 is 34.8 Å². The van der Waals surface area contributed by atoms with E-state index in [0.29, 0.717) is 35.5 Å². The standard InChI is InChI=1S/C47H51F3N6O7/c1-44(2,3)63-42(60)54(4)26-33-13-8-9-14-34(33)27-56(41(59)45(30-47(48,49)50)18-21-55(22-19-45)43(61)62-29-31-11-6-5-7-12-31)28-38(57)52-36-17-16-32-24-46(25-35(32)23-36)37-15-10-20-51-39(37)53-40(46)58/h5-17,20,23H,18-19,21-22,24-30H2,1-4H3,(H,52,57)(H,51,53,58)/t46-/m1/s1. The lowest BCUT2D eigenvalue weighted by molar-refractivity contribution is -0.180. The topological polar surface area (TPSA) is 150 Å². The molecule has 1 aliphatic carbocycles. The summed E-state index contributed by atoms with van der Waals surface area (Å²) >= 11 is 0. The van der Waals surface area contributed by atoms with E-state index in [1.165, 1.54) is 9.80 Å². The molecule has 1 saturated heterocycles. The van der Waals surface area contributed by atoms with E-state index >= 15 is 0 Å². The molecule has 1 fully saturated rings. The first-order valence-electron chi connectivity index (χ1n) is 20.8. The molecule has 3 aliphatic rings. The summed E-state index contributed by atoms with van der Waals surface area (Å²) in [6, 6.07) is 24.8. The van der Waals surface area contributed by atoms with Crippen molar-refractivity contribution in [2.24, 2.45) is 5.41 Å². The van der Waals surface area contributed by atoms with E-state index in [1.54, 1.807) is 101 Å². The van der Waals surface area contributed by atoms with Crippen LogP contribution in [0.1, 0.15) is 73.4 Å². The summed E-state index contributed by atoms with van der Waals surface area (Å²) in [5, 5.41) is 5.72. The number of nitrogens with zero attached hydrogens (tertiary/aromatic N) is 4. The van der Waals surface area contributed by atoms with Gasteiger partial charge in [-0.05, 0) is 92.5 Å². The normalized spacial score (nSPS) is 17.6. The van der Waals surface area contributed by atoms with Gasteiger partial charge in [0.15, 0.2) is 0 Å². The van der Waals surface area contributed by atoms with E-state index in [-0.39, 0.29) is 51.5 Å². The molecule has 2 aliphatic heterocycles. The summed E-state index contributed by atoms with van der Waals surface area (Å²) in [7, 11) is 1.55. The average Bonchev–Trinajstić information content (AvgIpc) is 3.75. The van der Waals surface area contributed by atoms with Gasteiger partial charge in [0.1, 0.15) is 24.6 Å². The van der Waals surface area contributed by atoms with E-state index in [0.717, 1.165) is 27.2 Å². The van der Waals surface area contributed by atoms with Gasteiger partial charge in [0.2, 0.25) is 17.7 Å². The first-order chi connectivity index (χ1) is 29.8. The number of hydrogen-bond donors (Lipinski definition) is 2. The lowest BCUT2D eigenvalue weighted by atomic mass is 9.74. The summed E-state index contributed by atoms with van der Waals surface area (Å²) in [6.45, 7) is 4.00. The van der Waals surface area contributed by atoms with Crippen molar-refractivity contribution >= 4 is 41.4 Å². The van der Waals surface area contributed by atoms with Gasteiger partial charge in [0, 0.05) is 50.7 Å². The smallest absolute Gasteiger partial charge is 0.410 e. The third kappa shape index (κ3) is 10.3. The van der Waals surface area contributed by atoms with Crippen molar-refractivity contribution in [1.82, 2.24) is 19.7 Å². The van der Waals surface area contributed by atoms with Gasteiger partial charge in [0.05, 0.1) is 17.3 Å². The number of alkyl halides is 3. The van der Waals surface area contributed by atoms with Crippen LogP contribution in [0.3, 0.4) is 0 Å². The van der Waals surface area contributed by atoms with Crippen LogP contribution in [0.25, 0.3) is 0 Å². The second-order valence-electron chi connectivity index (χ2n) is 17.7. The number of carbonyl (C=O) groups is 5. The van der Waals surface area contributed by atoms with Gasteiger partial charge in [-0.3, -0.25) is 14.4 Å². The molecule has 2 N–H and O–H groups in total.